The predicted molar refractivity (Wildman–Crippen MR) is 70.3 cm³/mol. The Hall–Kier alpha value is -2.29. The Bertz CT molecular complexity index is 636. The van der Waals surface area contributed by atoms with E-state index >= 15 is 0 Å². The minimum absolute atomic E-state index is 0.336. The smallest absolute Gasteiger partial charge is 0.331 e. The van der Waals surface area contributed by atoms with E-state index in [9.17, 15) is 14.7 Å². The topological polar surface area (TPSA) is 110 Å². The highest BCUT2D eigenvalue weighted by Gasteiger charge is 2.26. The van der Waals surface area contributed by atoms with Crippen molar-refractivity contribution in [2.24, 2.45) is 7.05 Å². The molecule has 20 heavy (non-hydrogen) atoms. The summed E-state index contributed by atoms with van der Waals surface area (Å²) >= 11 is 0.949. The Kier molecular flexibility index (Phi) is 4.08. The molecule has 2 rings (SSSR count). The Balaban J connectivity index is 2.21. The summed E-state index contributed by atoms with van der Waals surface area (Å²) in [6.07, 6.45) is 3.51. The highest BCUT2D eigenvalue weighted by Crippen LogP contribution is 2.16. The first-order valence-corrected chi connectivity index (χ1v) is 6.63. The second-order valence-electron chi connectivity index (χ2n) is 4.09. The number of aromatic nitrogens is 4. The van der Waals surface area contributed by atoms with Crippen molar-refractivity contribution in [2.45, 2.75) is 19.4 Å². The molecule has 2 N–H and O–H groups in total. The largest absolute Gasteiger partial charge is 0.479 e. The van der Waals surface area contributed by atoms with Crippen LogP contribution in [-0.2, 0) is 18.3 Å². The van der Waals surface area contributed by atoms with Crippen molar-refractivity contribution >= 4 is 23.4 Å². The number of nitrogens with zero attached hydrogens (tertiary/aromatic N) is 4. The van der Waals surface area contributed by atoms with Crippen LogP contribution in [0.25, 0.3) is 0 Å². The molecule has 0 bridgehead atoms. The van der Waals surface area contributed by atoms with Crippen LogP contribution in [-0.4, -0.2) is 36.4 Å². The highest BCUT2D eigenvalue weighted by molar-refractivity contribution is 7.08. The summed E-state index contributed by atoms with van der Waals surface area (Å²) in [5.41, 5.74) is 0.965. The molecule has 0 aliphatic heterocycles. The average Bonchev–Trinajstić information content (AvgIpc) is 3.03. The van der Waals surface area contributed by atoms with Crippen molar-refractivity contribution in [1.29, 1.82) is 0 Å². The average molecular weight is 295 g/mol. The van der Waals surface area contributed by atoms with Gasteiger partial charge in [-0.15, -0.1) is 5.10 Å². The van der Waals surface area contributed by atoms with Crippen LogP contribution in [0.4, 0.5) is 0 Å². The quantitative estimate of drug-likeness (QED) is 0.825. The van der Waals surface area contributed by atoms with Gasteiger partial charge in [0.2, 0.25) is 0 Å². The third-order valence-electron chi connectivity index (χ3n) is 2.68. The monoisotopic (exact) mass is 295 g/mol. The van der Waals surface area contributed by atoms with E-state index in [-0.39, 0.29) is 0 Å². The van der Waals surface area contributed by atoms with Crippen molar-refractivity contribution in [3.8, 4) is 0 Å². The molecule has 2 heterocycles. The molecule has 0 aliphatic rings. The van der Waals surface area contributed by atoms with Crippen LogP contribution in [0, 0.1) is 0 Å². The van der Waals surface area contributed by atoms with Gasteiger partial charge >= 0.3 is 5.97 Å². The first-order chi connectivity index (χ1) is 9.52. The van der Waals surface area contributed by atoms with Crippen LogP contribution < -0.4 is 5.32 Å². The molecular formula is C11H13N5O3S. The van der Waals surface area contributed by atoms with Crippen LogP contribution >= 0.6 is 11.5 Å². The van der Waals surface area contributed by atoms with E-state index in [1.807, 2.05) is 6.92 Å². The van der Waals surface area contributed by atoms with Crippen LogP contribution in [0.3, 0.4) is 0 Å². The van der Waals surface area contributed by atoms with Gasteiger partial charge in [0.25, 0.3) is 5.91 Å². The van der Waals surface area contributed by atoms with E-state index in [2.05, 4.69) is 20.0 Å². The van der Waals surface area contributed by atoms with Crippen molar-refractivity contribution < 1.29 is 14.7 Å². The number of carbonyl (C=O) groups excluding carboxylic acids is 1. The lowest BCUT2D eigenvalue weighted by molar-refractivity contribution is -0.139. The zero-order valence-corrected chi connectivity index (χ0v) is 11.7. The molecule has 9 heteroatoms. The number of amides is 1. The molecule has 2 aromatic heterocycles. The minimum Gasteiger partial charge on any atom is -0.479 e. The van der Waals surface area contributed by atoms with Gasteiger partial charge in [0, 0.05) is 18.8 Å². The molecule has 8 nitrogen and oxygen atoms in total. The highest BCUT2D eigenvalue weighted by atomic mass is 32.1. The molecular weight excluding hydrogens is 282 g/mol. The Morgan fingerprint density at radius 3 is 2.85 bits per heavy atom. The molecule has 0 radical (unpaired) electrons. The maximum Gasteiger partial charge on any atom is 0.331 e. The van der Waals surface area contributed by atoms with E-state index in [0.717, 1.165) is 11.5 Å². The number of carboxylic acid groups (broad SMARTS) is 1. The lowest BCUT2D eigenvalue weighted by Crippen LogP contribution is -2.33. The van der Waals surface area contributed by atoms with Gasteiger partial charge in [-0.25, -0.2) is 4.79 Å². The summed E-state index contributed by atoms with van der Waals surface area (Å²) in [6, 6.07) is -1.15. The molecule has 0 fully saturated rings. The fourth-order valence-corrected chi connectivity index (χ4v) is 2.34. The van der Waals surface area contributed by atoms with Gasteiger partial charge in [0.15, 0.2) is 6.04 Å². The fraction of sp³-hybridized carbons (Fsp3) is 0.364. The number of rotatable bonds is 5. The molecule has 0 spiro atoms. The minimum atomic E-state index is -1.15. The van der Waals surface area contributed by atoms with Crippen LogP contribution in [0.5, 0.6) is 0 Å². The Morgan fingerprint density at radius 1 is 1.55 bits per heavy atom. The molecule has 1 atom stereocenters. The summed E-state index contributed by atoms with van der Waals surface area (Å²) in [7, 11) is 1.67. The predicted octanol–water partition coefficient (Wildman–Crippen LogP) is 0.390. The SMILES string of the molecule is CCc1nnsc1C(=O)NC(C(=O)O)c1cnn(C)c1. The van der Waals surface area contributed by atoms with Gasteiger partial charge < -0.3 is 10.4 Å². The Morgan fingerprint density at radius 2 is 2.30 bits per heavy atom. The van der Waals surface area contributed by atoms with Crippen LogP contribution in [0.2, 0.25) is 0 Å². The molecule has 0 saturated carbocycles. The number of aliphatic carboxylic acids is 1. The maximum absolute atomic E-state index is 12.1. The molecule has 106 valence electrons. The van der Waals surface area contributed by atoms with E-state index in [4.69, 9.17) is 0 Å². The molecule has 1 amide bonds. The lowest BCUT2D eigenvalue weighted by atomic mass is 10.1. The molecule has 0 saturated heterocycles. The zero-order valence-electron chi connectivity index (χ0n) is 10.9. The van der Waals surface area contributed by atoms with Crippen molar-refractivity contribution in [3.63, 3.8) is 0 Å². The molecule has 0 aliphatic carbocycles. The lowest BCUT2D eigenvalue weighted by Gasteiger charge is -2.12. The Labute approximate surface area is 118 Å². The second kappa shape index (κ2) is 5.78. The first kappa shape index (κ1) is 14.1. The van der Waals surface area contributed by atoms with E-state index in [1.54, 1.807) is 13.2 Å². The van der Waals surface area contributed by atoms with Gasteiger partial charge in [-0.2, -0.15) is 5.10 Å². The number of aryl methyl sites for hydroxylation is 2. The van der Waals surface area contributed by atoms with Crippen LogP contribution in [0.15, 0.2) is 12.4 Å². The number of carbonyl (C=O) groups is 2. The molecule has 2 aromatic rings. The summed E-state index contributed by atoms with van der Waals surface area (Å²) in [4.78, 5) is 23.7. The van der Waals surface area contributed by atoms with Gasteiger partial charge in [-0.3, -0.25) is 9.48 Å². The van der Waals surface area contributed by atoms with Crippen molar-refractivity contribution in [1.82, 2.24) is 24.7 Å². The molecule has 0 aromatic carbocycles. The maximum atomic E-state index is 12.1. The third-order valence-corrected chi connectivity index (χ3v) is 3.44. The van der Waals surface area contributed by atoms with Gasteiger partial charge in [0.1, 0.15) is 4.88 Å². The van der Waals surface area contributed by atoms with E-state index in [0.29, 0.717) is 22.6 Å². The summed E-state index contributed by atoms with van der Waals surface area (Å²) in [5, 5.41) is 19.4. The fourth-order valence-electron chi connectivity index (χ4n) is 1.69. The zero-order chi connectivity index (χ0) is 14.7. The van der Waals surface area contributed by atoms with Crippen molar-refractivity contribution in [3.05, 3.63) is 28.5 Å². The second-order valence-corrected chi connectivity index (χ2v) is 4.85. The number of carboxylic acids is 1. The number of nitrogens with one attached hydrogen (secondary N) is 1. The number of hydrogen-bond acceptors (Lipinski definition) is 6. The molecule has 1 unspecified atom stereocenters. The van der Waals surface area contributed by atoms with Crippen molar-refractivity contribution in [2.75, 3.05) is 0 Å². The van der Waals surface area contributed by atoms with E-state index < -0.39 is 17.9 Å². The summed E-state index contributed by atoms with van der Waals surface area (Å²) in [5.74, 6) is -1.64. The normalized spacial score (nSPS) is 12.1. The van der Waals surface area contributed by atoms with E-state index in [1.165, 1.54) is 10.9 Å². The van der Waals surface area contributed by atoms with Gasteiger partial charge in [-0.05, 0) is 18.0 Å². The first-order valence-electron chi connectivity index (χ1n) is 5.86. The summed E-state index contributed by atoms with van der Waals surface area (Å²) < 4.78 is 5.19. The van der Waals surface area contributed by atoms with Gasteiger partial charge in [0.05, 0.1) is 11.9 Å². The standard InChI is InChI=1S/C11H13N5O3S/c1-3-7-9(20-15-14-7)10(17)13-8(11(18)19)6-4-12-16(2)5-6/h4-5,8H,3H2,1-2H3,(H,13,17)(H,18,19). The third kappa shape index (κ3) is 2.82. The summed E-state index contributed by atoms with van der Waals surface area (Å²) in [6.45, 7) is 1.85. The van der Waals surface area contributed by atoms with Crippen LogP contribution in [0.1, 0.15) is 33.9 Å². The van der Waals surface area contributed by atoms with Gasteiger partial charge in [-0.1, -0.05) is 11.4 Å². The number of hydrogen-bond donors (Lipinski definition) is 2.